The Kier molecular flexibility index (Phi) is 4.53. The molecule has 0 spiro atoms. The van der Waals surface area contributed by atoms with E-state index in [0.717, 1.165) is 5.56 Å². The van der Waals surface area contributed by atoms with Crippen molar-refractivity contribution in [2.45, 2.75) is 13.3 Å². The van der Waals surface area contributed by atoms with Crippen molar-refractivity contribution >= 4 is 23.5 Å². The number of hydrogen-bond acceptors (Lipinski definition) is 4. The van der Waals surface area contributed by atoms with Gasteiger partial charge in [-0.15, -0.1) is 0 Å². The van der Waals surface area contributed by atoms with Crippen LogP contribution in [-0.2, 0) is 11.2 Å². The molecule has 0 saturated heterocycles. The third kappa shape index (κ3) is 3.93. The second kappa shape index (κ2) is 6.34. The van der Waals surface area contributed by atoms with E-state index in [1.165, 1.54) is 0 Å². The number of halogens is 1. The zero-order valence-electron chi connectivity index (χ0n) is 11.2. The summed E-state index contributed by atoms with van der Waals surface area (Å²) < 4.78 is 5.11. The van der Waals surface area contributed by atoms with Gasteiger partial charge in [0, 0.05) is 5.69 Å². The third-order valence-corrected chi connectivity index (χ3v) is 2.77. The molecule has 0 unspecified atom stereocenters. The molecule has 5 nitrogen and oxygen atoms in total. The molecule has 6 heteroatoms. The average Bonchev–Trinajstić information content (AvgIpc) is 2.37. The molecule has 104 valence electrons. The second-order valence-corrected chi connectivity index (χ2v) is 4.62. The lowest BCUT2D eigenvalue weighted by atomic mass is 10.1. The van der Waals surface area contributed by atoms with Crippen LogP contribution in [0.1, 0.15) is 11.3 Å². The van der Waals surface area contributed by atoms with E-state index in [9.17, 15) is 4.79 Å². The van der Waals surface area contributed by atoms with Crippen LogP contribution in [0.15, 0.2) is 30.3 Å². The molecule has 1 aromatic carbocycles. The molecule has 0 aliphatic heterocycles. The Bertz CT molecular complexity index is 611. The number of anilines is 1. The summed E-state index contributed by atoms with van der Waals surface area (Å²) in [5, 5.41) is 2.92. The van der Waals surface area contributed by atoms with Gasteiger partial charge in [0.2, 0.25) is 11.9 Å². The Labute approximate surface area is 122 Å². The van der Waals surface area contributed by atoms with Gasteiger partial charge in [-0.05, 0) is 30.7 Å². The van der Waals surface area contributed by atoms with Crippen molar-refractivity contribution < 1.29 is 9.53 Å². The number of benzene rings is 1. The van der Waals surface area contributed by atoms with Crippen LogP contribution < -0.4 is 10.1 Å². The summed E-state index contributed by atoms with van der Waals surface area (Å²) in [6.45, 7) is 1.78. The lowest BCUT2D eigenvalue weighted by Crippen LogP contribution is -2.16. The number of carbonyl (C=O) groups excluding carboxylic acids is 1. The summed E-state index contributed by atoms with van der Waals surface area (Å²) in [6, 6.07) is 8.95. The first-order chi connectivity index (χ1) is 9.56. The maximum absolute atomic E-state index is 11.9. The van der Waals surface area contributed by atoms with E-state index < -0.39 is 0 Å². The molecule has 2 rings (SSSR count). The van der Waals surface area contributed by atoms with Crippen LogP contribution in [0.25, 0.3) is 0 Å². The fourth-order valence-electron chi connectivity index (χ4n) is 1.72. The summed E-state index contributed by atoms with van der Waals surface area (Å²) in [6.07, 6.45) is 0.214. The van der Waals surface area contributed by atoms with Gasteiger partial charge >= 0.3 is 0 Å². The third-order valence-electron chi connectivity index (χ3n) is 2.57. The first-order valence-corrected chi connectivity index (χ1v) is 6.38. The van der Waals surface area contributed by atoms with Gasteiger partial charge < -0.3 is 4.74 Å². The van der Waals surface area contributed by atoms with Crippen molar-refractivity contribution in [1.82, 2.24) is 9.97 Å². The highest BCUT2D eigenvalue weighted by atomic mass is 35.5. The standard InChI is InChI=1S/C14H14ClN3O2/c1-9-6-12(15)17-14(16-9)18-13(19)8-10-4-3-5-11(7-10)20-2/h3-7H,8H2,1-2H3,(H,16,17,18,19). The second-order valence-electron chi connectivity index (χ2n) is 4.23. The molecule has 20 heavy (non-hydrogen) atoms. The smallest absolute Gasteiger partial charge is 0.231 e. The van der Waals surface area contributed by atoms with Gasteiger partial charge in [0.1, 0.15) is 10.9 Å². The van der Waals surface area contributed by atoms with Gasteiger partial charge in [-0.25, -0.2) is 9.97 Å². The molecule has 0 radical (unpaired) electrons. The summed E-state index contributed by atoms with van der Waals surface area (Å²) in [7, 11) is 1.59. The number of carbonyl (C=O) groups is 1. The molecular weight excluding hydrogens is 278 g/mol. The summed E-state index contributed by atoms with van der Waals surface area (Å²) in [4.78, 5) is 20.0. The lowest BCUT2D eigenvalue weighted by Gasteiger charge is -2.06. The Morgan fingerprint density at radius 1 is 1.35 bits per heavy atom. The van der Waals surface area contributed by atoms with Crippen molar-refractivity contribution in [2.75, 3.05) is 12.4 Å². The first-order valence-electron chi connectivity index (χ1n) is 6.01. The van der Waals surface area contributed by atoms with E-state index in [1.807, 2.05) is 24.3 Å². The maximum atomic E-state index is 11.9. The molecule has 1 amide bonds. The number of amides is 1. The molecule has 0 saturated carbocycles. The molecule has 0 bridgehead atoms. The molecule has 1 N–H and O–H groups in total. The van der Waals surface area contributed by atoms with E-state index in [0.29, 0.717) is 16.6 Å². The van der Waals surface area contributed by atoms with Crippen LogP contribution in [0.5, 0.6) is 5.75 Å². The van der Waals surface area contributed by atoms with Crippen molar-refractivity contribution in [3.63, 3.8) is 0 Å². The normalized spacial score (nSPS) is 10.2. The number of rotatable bonds is 4. The Balaban J connectivity index is 2.04. The average molecular weight is 292 g/mol. The molecule has 0 aliphatic carbocycles. The van der Waals surface area contributed by atoms with Crippen molar-refractivity contribution in [3.8, 4) is 5.75 Å². The first kappa shape index (κ1) is 14.3. The van der Waals surface area contributed by atoms with E-state index in [1.54, 1.807) is 20.1 Å². The zero-order valence-corrected chi connectivity index (χ0v) is 11.9. The van der Waals surface area contributed by atoms with Crippen LogP contribution in [0.3, 0.4) is 0 Å². The van der Waals surface area contributed by atoms with Crippen LogP contribution >= 0.6 is 11.6 Å². The number of nitrogens with one attached hydrogen (secondary N) is 1. The Morgan fingerprint density at radius 2 is 2.15 bits per heavy atom. The highest BCUT2D eigenvalue weighted by molar-refractivity contribution is 6.29. The fraction of sp³-hybridized carbons (Fsp3) is 0.214. The minimum absolute atomic E-state index is 0.208. The van der Waals surface area contributed by atoms with Crippen molar-refractivity contribution in [2.24, 2.45) is 0 Å². The number of ether oxygens (including phenoxy) is 1. The van der Waals surface area contributed by atoms with Crippen LogP contribution in [0.2, 0.25) is 5.15 Å². The topological polar surface area (TPSA) is 64.1 Å². The number of hydrogen-bond donors (Lipinski definition) is 1. The summed E-state index contributed by atoms with van der Waals surface area (Å²) in [5.41, 5.74) is 1.54. The van der Waals surface area contributed by atoms with E-state index in [4.69, 9.17) is 16.3 Å². The van der Waals surface area contributed by atoms with Crippen LogP contribution in [0, 0.1) is 6.92 Å². The minimum Gasteiger partial charge on any atom is -0.497 e. The molecule has 1 aromatic heterocycles. The monoisotopic (exact) mass is 291 g/mol. The number of methoxy groups -OCH3 is 1. The van der Waals surface area contributed by atoms with Gasteiger partial charge in [-0.1, -0.05) is 23.7 Å². The van der Waals surface area contributed by atoms with Gasteiger partial charge in [0.15, 0.2) is 0 Å². The predicted octanol–water partition coefficient (Wildman–Crippen LogP) is 2.63. The Morgan fingerprint density at radius 3 is 2.85 bits per heavy atom. The van der Waals surface area contributed by atoms with Crippen molar-refractivity contribution in [1.29, 1.82) is 0 Å². The number of nitrogens with zero attached hydrogens (tertiary/aromatic N) is 2. The van der Waals surface area contributed by atoms with Crippen molar-refractivity contribution in [3.05, 3.63) is 46.7 Å². The molecule has 0 fully saturated rings. The van der Waals surface area contributed by atoms with Crippen LogP contribution in [-0.4, -0.2) is 23.0 Å². The molecular formula is C14H14ClN3O2. The Hall–Kier alpha value is -2.14. The zero-order chi connectivity index (χ0) is 14.5. The van der Waals surface area contributed by atoms with Crippen LogP contribution in [0.4, 0.5) is 5.95 Å². The van der Waals surface area contributed by atoms with E-state index in [-0.39, 0.29) is 18.3 Å². The molecule has 1 heterocycles. The molecule has 0 atom stereocenters. The summed E-state index contributed by atoms with van der Waals surface area (Å²) in [5.74, 6) is 0.716. The van der Waals surface area contributed by atoms with E-state index >= 15 is 0 Å². The lowest BCUT2D eigenvalue weighted by molar-refractivity contribution is -0.115. The van der Waals surface area contributed by atoms with Gasteiger partial charge in [-0.2, -0.15) is 0 Å². The quantitative estimate of drug-likeness (QED) is 0.880. The minimum atomic E-state index is -0.208. The largest absolute Gasteiger partial charge is 0.497 e. The fourth-order valence-corrected chi connectivity index (χ4v) is 1.96. The molecule has 2 aromatic rings. The highest BCUT2D eigenvalue weighted by Gasteiger charge is 2.08. The molecule has 0 aliphatic rings. The van der Waals surface area contributed by atoms with Gasteiger partial charge in [0.25, 0.3) is 0 Å². The summed E-state index contributed by atoms with van der Waals surface area (Å²) >= 11 is 5.81. The highest BCUT2D eigenvalue weighted by Crippen LogP contribution is 2.14. The number of aromatic nitrogens is 2. The predicted molar refractivity (Wildman–Crippen MR) is 77.1 cm³/mol. The SMILES string of the molecule is COc1cccc(CC(=O)Nc2nc(C)cc(Cl)n2)c1. The number of aryl methyl sites for hydroxylation is 1. The van der Waals surface area contributed by atoms with Gasteiger partial charge in [0.05, 0.1) is 13.5 Å². The van der Waals surface area contributed by atoms with Gasteiger partial charge in [-0.3, -0.25) is 10.1 Å². The van der Waals surface area contributed by atoms with E-state index in [2.05, 4.69) is 15.3 Å². The maximum Gasteiger partial charge on any atom is 0.231 e.